The monoisotopic (exact) mass is 997 g/mol. The van der Waals surface area contributed by atoms with Crippen LogP contribution in [-0.4, -0.2) is 101 Å². The smallest absolute Gasteiger partial charge is 0.340 e. The third-order valence-electron chi connectivity index (χ3n) is 18.9. The molecule has 0 bridgehead atoms. The highest BCUT2D eigenvalue weighted by Crippen LogP contribution is 2.48. The summed E-state index contributed by atoms with van der Waals surface area (Å²) in [5.74, 6) is 2.01. The van der Waals surface area contributed by atoms with Crippen LogP contribution in [0.5, 0.6) is 11.5 Å². The number of hydrogen-bond donors (Lipinski definition) is 0. The summed E-state index contributed by atoms with van der Waals surface area (Å²) in [4.78, 5) is 0. The summed E-state index contributed by atoms with van der Waals surface area (Å²) in [6.07, 6.45) is 38.2. The van der Waals surface area contributed by atoms with Crippen LogP contribution in [0.25, 0.3) is 0 Å². The van der Waals surface area contributed by atoms with Gasteiger partial charge in [-0.2, -0.15) is 0 Å². The zero-order valence-electron chi connectivity index (χ0n) is 48.8. The minimum Gasteiger partial charge on any atom is -0.340 e. The molecule has 408 valence electrons. The molecule has 1 spiro atoms. The molecule has 1 saturated heterocycles. The Hall–Kier alpha value is -2.70. The van der Waals surface area contributed by atoms with Crippen LogP contribution in [0.1, 0.15) is 277 Å². The maximum atomic E-state index is 7.59. The summed E-state index contributed by atoms with van der Waals surface area (Å²) in [5.41, 5.74) is 8.23. The standard InChI is InChI=1S/C65H112N4O2.CH4/c1-13-21-35-63(11,36-22-14-2)57-47-53(9)61-55(49-57)51-66-59-33-29-30-34-60(59)67-52-56-50-58(48-54(10)62(56)71-65(66,67)70-61)64(12,37-31-45-68(39-23-15-3,40-24-16-4)41-25-17-5)38-32-46-69(42-26-18-6,43-27-19-7)44-28-20-8;/h47-52,59-60H,13-46H2,1-12H3;1H4/q+4;. The predicted octanol–water partition coefficient (Wildman–Crippen LogP) is 17.1. The van der Waals surface area contributed by atoms with Gasteiger partial charge in [0.2, 0.25) is 12.1 Å². The molecule has 1 aliphatic carbocycles. The molecule has 3 unspecified atom stereocenters. The van der Waals surface area contributed by atoms with E-state index in [2.05, 4.69) is 129 Å². The third kappa shape index (κ3) is 13.8. The molecule has 0 aromatic heterocycles. The number of aryl methyl sites for hydroxylation is 2. The van der Waals surface area contributed by atoms with Crippen molar-refractivity contribution in [3.05, 3.63) is 57.6 Å². The van der Waals surface area contributed by atoms with Crippen molar-refractivity contribution >= 4 is 12.4 Å². The van der Waals surface area contributed by atoms with E-state index < -0.39 is 6.03 Å². The maximum Gasteiger partial charge on any atom is 0.704 e. The molecule has 3 atom stereocenters. The van der Waals surface area contributed by atoms with Crippen molar-refractivity contribution in [2.24, 2.45) is 0 Å². The molecule has 0 amide bonds. The normalized spacial score (nSPS) is 19.5. The first-order valence-electron chi connectivity index (χ1n) is 30.9. The van der Waals surface area contributed by atoms with E-state index in [1.54, 1.807) is 0 Å². The van der Waals surface area contributed by atoms with Crippen LogP contribution in [0.2, 0.25) is 0 Å². The first kappa shape index (κ1) is 60.2. The third-order valence-corrected chi connectivity index (χ3v) is 18.9. The van der Waals surface area contributed by atoms with Gasteiger partial charge in [0.05, 0.1) is 63.5 Å². The Labute approximate surface area is 446 Å². The van der Waals surface area contributed by atoms with Gasteiger partial charge in [-0.3, -0.25) is 0 Å². The average molecular weight is 998 g/mol. The number of benzene rings is 2. The highest BCUT2D eigenvalue weighted by molar-refractivity contribution is 5.84. The number of quaternary nitrogens is 2. The quantitative estimate of drug-likeness (QED) is 0.0515. The zero-order chi connectivity index (χ0) is 51.1. The van der Waals surface area contributed by atoms with Crippen molar-refractivity contribution in [2.45, 2.75) is 286 Å². The minimum atomic E-state index is -1.01. The molecule has 6 rings (SSSR count). The lowest BCUT2D eigenvalue weighted by Gasteiger charge is -2.42. The molecule has 2 fully saturated rings. The lowest BCUT2D eigenvalue weighted by molar-refractivity contribution is -0.929. The lowest BCUT2D eigenvalue weighted by Crippen LogP contribution is -2.60. The summed E-state index contributed by atoms with van der Waals surface area (Å²) in [6, 6.07) is 9.82. The number of hydrogen-bond acceptors (Lipinski definition) is 2. The van der Waals surface area contributed by atoms with Crippen molar-refractivity contribution in [1.82, 2.24) is 0 Å². The fourth-order valence-electron chi connectivity index (χ4n) is 14.1. The van der Waals surface area contributed by atoms with Crippen LogP contribution in [0.4, 0.5) is 0 Å². The van der Waals surface area contributed by atoms with Gasteiger partial charge >= 0.3 is 6.03 Å². The van der Waals surface area contributed by atoms with Crippen molar-refractivity contribution in [2.75, 3.05) is 52.4 Å². The van der Waals surface area contributed by atoms with Crippen molar-refractivity contribution in [1.29, 1.82) is 0 Å². The Morgan fingerprint density at radius 3 is 1.06 bits per heavy atom. The van der Waals surface area contributed by atoms with Gasteiger partial charge in [0.15, 0.2) is 23.9 Å². The van der Waals surface area contributed by atoms with Gasteiger partial charge in [-0.1, -0.05) is 162 Å². The molecule has 6 heteroatoms. The van der Waals surface area contributed by atoms with Gasteiger partial charge in [-0.05, 0) is 149 Å². The Balaban J connectivity index is 0.00000963. The number of nitrogens with zero attached hydrogens (tertiary/aromatic N) is 4. The Bertz CT molecular complexity index is 1940. The van der Waals surface area contributed by atoms with Gasteiger partial charge in [0.25, 0.3) is 0 Å². The van der Waals surface area contributed by atoms with E-state index in [4.69, 9.17) is 9.47 Å². The highest BCUT2D eigenvalue weighted by Gasteiger charge is 2.76. The average Bonchev–Trinajstić information content (AvgIpc) is 3.65. The molecule has 6 nitrogen and oxygen atoms in total. The van der Waals surface area contributed by atoms with E-state index in [0.29, 0.717) is 12.1 Å². The van der Waals surface area contributed by atoms with Gasteiger partial charge in [0, 0.05) is 12.8 Å². The second-order valence-corrected chi connectivity index (χ2v) is 24.8. The highest BCUT2D eigenvalue weighted by atomic mass is 16.7. The second kappa shape index (κ2) is 27.9. The fourth-order valence-corrected chi connectivity index (χ4v) is 14.1. The summed E-state index contributed by atoms with van der Waals surface area (Å²) in [7, 11) is 0. The first-order valence-corrected chi connectivity index (χ1v) is 30.9. The molecule has 3 aliphatic heterocycles. The van der Waals surface area contributed by atoms with Gasteiger partial charge in [-0.15, -0.1) is 0 Å². The van der Waals surface area contributed by atoms with Gasteiger partial charge in [0.1, 0.15) is 0 Å². The summed E-state index contributed by atoms with van der Waals surface area (Å²) < 4.78 is 22.9. The van der Waals surface area contributed by atoms with E-state index in [0.717, 1.165) is 11.5 Å². The molecule has 72 heavy (non-hydrogen) atoms. The van der Waals surface area contributed by atoms with E-state index in [9.17, 15) is 0 Å². The zero-order valence-corrected chi connectivity index (χ0v) is 48.8. The van der Waals surface area contributed by atoms with Crippen LogP contribution >= 0.6 is 0 Å². The van der Waals surface area contributed by atoms with Crippen LogP contribution in [0.3, 0.4) is 0 Å². The topological polar surface area (TPSA) is 24.5 Å². The van der Waals surface area contributed by atoms with Crippen LogP contribution in [0.15, 0.2) is 24.3 Å². The van der Waals surface area contributed by atoms with Crippen LogP contribution in [0, 0.1) is 13.8 Å². The second-order valence-electron chi connectivity index (χ2n) is 24.8. The SMILES string of the molecule is C.CCCCC(C)(CCCC)c1cc(C)c2c(c1)C=[N+]1C3CCCCC3[N+]3=Cc4cc(C(C)(CCC[N+](CCCC)(CCCC)CCCC)CCC[N+](CCCC)(CCCC)CCCC)cc(C)c4OC13O2. The first-order chi connectivity index (χ1) is 34.3. The minimum absolute atomic E-state index is 0. The molecule has 1 saturated carbocycles. The van der Waals surface area contributed by atoms with Gasteiger partial charge < -0.3 is 18.4 Å². The van der Waals surface area contributed by atoms with Crippen molar-refractivity contribution in [3.63, 3.8) is 0 Å². The van der Waals surface area contributed by atoms with E-state index in [1.165, 1.54) is 262 Å². The summed E-state index contributed by atoms with van der Waals surface area (Å²) >= 11 is 0. The predicted molar refractivity (Wildman–Crippen MR) is 311 cm³/mol. The molecule has 2 aromatic carbocycles. The molecular weight excluding hydrogens is 881 g/mol. The maximum absolute atomic E-state index is 7.59. The van der Waals surface area contributed by atoms with Crippen molar-refractivity contribution < 1.29 is 27.6 Å². The molecule has 0 N–H and O–H groups in total. The number of unbranched alkanes of at least 4 members (excludes halogenated alkanes) is 8. The Morgan fingerprint density at radius 1 is 0.458 bits per heavy atom. The Morgan fingerprint density at radius 2 is 0.750 bits per heavy atom. The largest absolute Gasteiger partial charge is 0.704 e. The van der Waals surface area contributed by atoms with E-state index >= 15 is 0 Å². The number of ether oxygens (including phenoxy) is 2. The van der Waals surface area contributed by atoms with Crippen LogP contribution in [-0.2, 0) is 10.8 Å². The Kier molecular flexibility index (Phi) is 23.3. The lowest BCUT2D eigenvalue weighted by atomic mass is 9.73. The number of fused-ring (bicyclic) bond motifs is 5. The fraction of sp³-hybridized carbons (Fsp3) is 0.788. The number of rotatable bonds is 34. The van der Waals surface area contributed by atoms with Crippen molar-refractivity contribution in [3.8, 4) is 11.5 Å². The molecular formula is C66H116N4O2+4. The molecule has 3 heterocycles. The summed E-state index contributed by atoms with van der Waals surface area (Å²) in [6.45, 7) is 39.6. The molecule has 0 radical (unpaired) electrons. The molecule has 2 aromatic rings. The van der Waals surface area contributed by atoms with Crippen LogP contribution < -0.4 is 9.47 Å². The van der Waals surface area contributed by atoms with Gasteiger partial charge in [-0.25, -0.2) is 0 Å². The molecule has 4 aliphatic rings. The van der Waals surface area contributed by atoms with E-state index in [-0.39, 0.29) is 18.3 Å². The van der Waals surface area contributed by atoms with E-state index in [1.807, 2.05) is 0 Å². The summed E-state index contributed by atoms with van der Waals surface area (Å²) in [5, 5.41) is 0.